The molecule has 1 N–H and O–H groups in total. The zero-order valence-electron chi connectivity index (χ0n) is 11.8. The van der Waals surface area contributed by atoms with E-state index in [1.807, 2.05) is 16.8 Å². The third kappa shape index (κ3) is 4.63. The number of esters is 1. The molecule has 1 amide bonds. The Morgan fingerprint density at radius 2 is 2.20 bits per heavy atom. The first-order valence-corrected chi connectivity index (χ1v) is 8.05. The number of ether oxygens (including phenoxy) is 1. The molecule has 4 nitrogen and oxygen atoms in total. The molecule has 0 aliphatic heterocycles. The minimum Gasteiger partial charge on any atom is -0.455 e. The monoisotopic (exact) mass is 295 g/mol. The van der Waals surface area contributed by atoms with Crippen LogP contribution in [0.15, 0.2) is 16.8 Å². The van der Waals surface area contributed by atoms with E-state index in [0.717, 1.165) is 24.8 Å². The Bertz CT molecular complexity index is 444. The van der Waals surface area contributed by atoms with Crippen LogP contribution in [0.1, 0.15) is 38.2 Å². The van der Waals surface area contributed by atoms with Gasteiger partial charge in [-0.25, -0.2) is 0 Å². The Hall–Kier alpha value is -1.36. The van der Waals surface area contributed by atoms with Crippen molar-refractivity contribution in [3.63, 3.8) is 0 Å². The maximum Gasteiger partial charge on any atom is 0.310 e. The number of rotatable bonds is 5. The van der Waals surface area contributed by atoms with Gasteiger partial charge in [0.25, 0.3) is 5.91 Å². The van der Waals surface area contributed by atoms with Crippen molar-refractivity contribution >= 4 is 23.2 Å². The minimum absolute atomic E-state index is 0.174. The van der Waals surface area contributed by atoms with E-state index in [4.69, 9.17) is 4.74 Å². The minimum atomic E-state index is -0.352. The van der Waals surface area contributed by atoms with Crippen LogP contribution in [-0.2, 0) is 20.7 Å². The molecule has 2 atom stereocenters. The first-order chi connectivity index (χ1) is 9.65. The van der Waals surface area contributed by atoms with Crippen LogP contribution in [0.2, 0.25) is 0 Å². The average Bonchev–Trinajstić information content (AvgIpc) is 2.92. The standard InChI is InChI=1S/C15H21NO3S/c1-11-4-2-3-5-13(11)16-14(17)9-19-15(18)8-12-6-7-20-10-12/h6-7,10-11,13H,2-5,8-9H2,1H3,(H,16,17)/t11-,13-/m1/s1. The molecule has 20 heavy (non-hydrogen) atoms. The molecule has 1 aromatic rings. The summed E-state index contributed by atoms with van der Waals surface area (Å²) in [7, 11) is 0. The predicted molar refractivity (Wildman–Crippen MR) is 78.5 cm³/mol. The molecule has 0 spiro atoms. The molecule has 0 radical (unpaired) electrons. The number of nitrogens with one attached hydrogen (secondary N) is 1. The summed E-state index contributed by atoms with van der Waals surface area (Å²) in [6.45, 7) is 1.98. The largest absolute Gasteiger partial charge is 0.455 e. The molecule has 1 aliphatic carbocycles. The molecular formula is C15H21NO3S. The fraction of sp³-hybridized carbons (Fsp3) is 0.600. The van der Waals surface area contributed by atoms with E-state index in [2.05, 4.69) is 12.2 Å². The van der Waals surface area contributed by atoms with Crippen molar-refractivity contribution < 1.29 is 14.3 Å². The second kappa shape index (κ2) is 7.43. The van der Waals surface area contributed by atoms with Gasteiger partial charge in [-0.3, -0.25) is 9.59 Å². The summed E-state index contributed by atoms with van der Waals surface area (Å²) in [6, 6.07) is 2.11. The molecule has 1 saturated carbocycles. The molecule has 1 fully saturated rings. The van der Waals surface area contributed by atoms with E-state index in [9.17, 15) is 9.59 Å². The van der Waals surface area contributed by atoms with Gasteiger partial charge in [0, 0.05) is 6.04 Å². The average molecular weight is 295 g/mol. The third-order valence-corrected chi connectivity index (χ3v) is 4.48. The molecule has 0 saturated heterocycles. The predicted octanol–water partition coefficient (Wildman–Crippen LogP) is 2.53. The van der Waals surface area contributed by atoms with Crippen LogP contribution in [0, 0.1) is 5.92 Å². The van der Waals surface area contributed by atoms with E-state index < -0.39 is 0 Å². The van der Waals surface area contributed by atoms with Crippen molar-refractivity contribution in [3.05, 3.63) is 22.4 Å². The first-order valence-electron chi connectivity index (χ1n) is 7.11. The summed E-state index contributed by atoms with van der Waals surface area (Å²) in [6.07, 6.45) is 4.81. The zero-order chi connectivity index (χ0) is 14.4. The third-order valence-electron chi connectivity index (χ3n) is 3.75. The van der Waals surface area contributed by atoms with E-state index in [1.54, 1.807) is 11.3 Å². The second-order valence-electron chi connectivity index (χ2n) is 5.40. The lowest BCUT2D eigenvalue weighted by Gasteiger charge is -2.29. The van der Waals surface area contributed by atoms with E-state index in [1.165, 1.54) is 6.42 Å². The number of thiophene rings is 1. The Balaban J connectivity index is 1.68. The summed E-state index contributed by atoms with van der Waals surface area (Å²) >= 11 is 1.54. The van der Waals surface area contributed by atoms with Crippen LogP contribution >= 0.6 is 11.3 Å². The van der Waals surface area contributed by atoms with Gasteiger partial charge in [-0.2, -0.15) is 11.3 Å². The SMILES string of the molecule is C[C@@H]1CCCC[C@H]1NC(=O)COC(=O)Cc1ccsc1. The van der Waals surface area contributed by atoms with Crippen molar-refractivity contribution in [2.45, 2.75) is 45.1 Å². The lowest BCUT2D eigenvalue weighted by molar-refractivity contribution is -0.148. The van der Waals surface area contributed by atoms with Gasteiger partial charge >= 0.3 is 5.97 Å². The van der Waals surface area contributed by atoms with Gasteiger partial charge in [0.15, 0.2) is 6.61 Å². The fourth-order valence-electron chi connectivity index (χ4n) is 2.54. The zero-order valence-corrected chi connectivity index (χ0v) is 12.6. The highest BCUT2D eigenvalue weighted by molar-refractivity contribution is 7.07. The van der Waals surface area contributed by atoms with Crippen LogP contribution < -0.4 is 5.32 Å². The molecule has 0 bridgehead atoms. The van der Waals surface area contributed by atoms with Crippen LogP contribution in [0.4, 0.5) is 0 Å². The van der Waals surface area contributed by atoms with E-state index in [0.29, 0.717) is 5.92 Å². The smallest absolute Gasteiger partial charge is 0.310 e. The maximum absolute atomic E-state index is 11.8. The Morgan fingerprint density at radius 1 is 1.40 bits per heavy atom. The molecular weight excluding hydrogens is 274 g/mol. The van der Waals surface area contributed by atoms with Crippen molar-refractivity contribution in [3.8, 4) is 0 Å². The molecule has 1 heterocycles. The van der Waals surface area contributed by atoms with Crippen molar-refractivity contribution in [2.75, 3.05) is 6.61 Å². The highest BCUT2D eigenvalue weighted by atomic mass is 32.1. The van der Waals surface area contributed by atoms with Gasteiger partial charge in [-0.1, -0.05) is 19.8 Å². The molecule has 1 aromatic heterocycles. The first kappa shape index (κ1) is 15.0. The molecule has 0 aromatic carbocycles. The molecule has 1 aliphatic rings. The highest BCUT2D eigenvalue weighted by Gasteiger charge is 2.23. The summed E-state index contributed by atoms with van der Waals surface area (Å²) in [4.78, 5) is 23.4. The Kier molecular flexibility index (Phi) is 5.59. The van der Waals surface area contributed by atoms with E-state index >= 15 is 0 Å². The Morgan fingerprint density at radius 3 is 2.90 bits per heavy atom. The van der Waals surface area contributed by atoms with Gasteiger partial charge in [-0.05, 0) is 41.1 Å². The number of carbonyl (C=O) groups excluding carboxylic acids is 2. The molecule has 110 valence electrons. The van der Waals surface area contributed by atoms with Gasteiger partial charge < -0.3 is 10.1 Å². The number of amides is 1. The highest BCUT2D eigenvalue weighted by Crippen LogP contribution is 2.23. The maximum atomic E-state index is 11.8. The van der Waals surface area contributed by atoms with Crippen LogP contribution in [0.3, 0.4) is 0 Å². The molecule has 2 rings (SSSR count). The van der Waals surface area contributed by atoms with Gasteiger partial charge in [0.1, 0.15) is 0 Å². The van der Waals surface area contributed by atoms with Crippen molar-refractivity contribution in [1.29, 1.82) is 0 Å². The lowest BCUT2D eigenvalue weighted by atomic mass is 9.86. The topological polar surface area (TPSA) is 55.4 Å². The number of carbonyl (C=O) groups is 2. The van der Waals surface area contributed by atoms with Crippen molar-refractivity contribution in [1.82, 2.24) is 5.32 Å². The normalized spacial score (nSPS) is 22.2. The van der Waals surface area contributed by atoms with Crippen LogP contribution in [-0.4, -0.2) is 24.5 Å². The van der Waals surface area contributed by atoms with Gasteiger partial charge in [0.2, 0.25) is 0 Å². The fourth-order valence-corrected chi connectivity index (χ4v) is 3.20. The quantitative estimate of drug-likeness (QED) is 0.849. The Labute approximate surface area is 123 Å². The number of hydrogen-bond donors (Lipinski definition) is 1. The molecule has 0 unspecified atom stereocenters. The van der Waals surface area contributed by atoms with Gasteiger partial charge in [0.05, 0.1) is 6.42 Å². The van der Waals surface area contributed by atoms with Gasteiger partial charge in [-0.15, -0.1) is 0 Å². The summed E-state index contributed by atoms with van der Waals surface area (Å²) in [5.74, 6) is -0.0353. The summed E-state index contributed by atoms with van der Waals surface area (Å²) in [5.41, 5.74) is 0.932. The second-order valence-corrected chi connectivity index (χ2v) is 6.18. The number of hydrogen-bond acceptors (Lipinski definition) is 4. The summed E-state index contributed by atoms with van der Waals surface area (Å²) in [5, 5.41) is 6.79. The molecule has 5 heteroatoms. The lowest BCUT2D eigenvalue weighted by Crippen LogP contribution is -2.42. The van der Waals surface area contributed by atoms with Crippen LogP contribution in [0.5, 0.6) is 0 Å². The summed E-state index contributed by atoms with van der Waals surface area (Å²) < 4.78 is 5.01. The van der Waals surface area contributed by atoms with E-state index in [-0.39, 0.29) is 30.9 Å². The van der Waals surface area contributed by atoms with Crippen molar-refractivity contribution in [2.24, 2.45) is 5.92 Å². The van der Waals surface area contributed by atoms with Crippen LogP contribution in [0.25, 0.3) is 0 Å².